The summed E-state index contributed by atoms with van der Waals surface area (Å²) in [6.45, 7) is 2.84. The maximum Gasteiger partial charge on any atom is 0.234 e. The van der Waals surface area contributed by atoms with Crippen LogP contribution in [0.3, 0.4) is 0 Å². The number of hydrogen-bond acceptors (Lipinski definition) is 2. The number of carbonyl (C=O) groups excluding carboxylic acids is 1. The van der Waals surface area contributed by atoms with Gasteiger partial charge in [0.05, 0.1) is 6.54 Å². The molecule has 0 aromatic carbocycles. The van der Waals surface area contributed by atoms with Crippen molar-refractivity contribution in [3.8, 4) is 0 Å². The molecule has 2 rings (SSSR count). The molecule has 1 heterocycles. The van der Waals surface area contributed by atoms with Crippen LogP contribution in [0.15, 0.2) is 0 Å². The van der Waals surface area contributed by atoms with Crippen molar-refractivity contribution in [3.63, 3.8) is 0 Å². The Morgan fingerprint density at radius 2 is 1.79 bits per heavy atom. The maximum atomic E-state index is 11.5. The summed E-state index contributed by atoms with van der Waals surface area (Å²) in [6, 6.07) is 0.509. The number of hydrogen-bond donors (Lipinski definition) is 1. The Hall–Kier alpha value is -0.570. The fraction of sp³-hybridized carbons (Fsp3) is 0.909. The minimum Gasteiger partial charge on any atom is -0.352 e. The van der Waals surface area contributed by atoms with Crippen LogP contribution in [0.2, 0.25) is 0 Å². The van der Waals surface area contributed by atoms with E-state index in [0.29, 0.717) is 12.6 Å². The van der Waals surface area contributed by atoms with Crippen molar-refractivity contribution in [2.24, 2.45) is 0 Å². The van der Waals surface area contributed by atoms with E-state index in [1.165, 1.54) is 38.5 Å². The molecule has 1 N–H and O–H groups in total. The van der Waals surface area contributed by atoms with Crippen LogP contribution in [0.5, 0.6) is 0 Å². The predicted molar refractivity (Wildman–Crippen MR) is 56.1 cm³/mol. The van der Waals surface area contributed by atoms with Gasteiger partial charge in [0.2, 0.25) is 5.91 Å². The fourth-order valence-electron chi connectivity index (χ4n) is 2.00. The molecule has 2 aliphatic rings. The van der Waals surface area contributed by atoms with Gasteiger partial charge in [-0.15, -0.1) is 0 Å². The van der Waals surface area contributed by atoms with Crippen LogP contribution in [-0.4, -0.2) is 36.5 Å². The van der Waals surface area contributed by atoms with Crippen molar-refractivity contribution >= 4 is 5.91 Å². The third-order valence-electron chi connectivity index (χ3n) is 3.01. The van der Waals surface area contributed by atoms with Gasteiger partial charge >= 0.3 is 0 Å². The van der Waals surface area contributed by atoms with E-state index >= 15 is 0 Å². The zero-order chi connectivity index (χ0) is 9.80. The normalized spacial score (nSPS) is 24.3. The highest BCUT2D eigenvalue weighted by atomic mass is 16.2. The first kappa shape index (κ1) is 9.97. The Morgan fingerprint density at radius 1 is 1.14 bits per heavy atom. The van der Waals surface area contributed by atoms with Crippen LogP contribution < -0.4 is 5.32 Å². The summed E-state index contributed by atoms with van der Waals surface area (Å²) in [6.07, 6.45) is 7.56. The predicted octanol–water partition coefficient (Wildman–Crippen LogP) is 1.14. The topological polar surface area (TPSA) is 32.3 Å². The van der Waals surface area contributed by atoms with E-state index in [1.807, 2.05) is 0 Å². The van der Waals surface area contributed by atoms with Gasteiger partial charge in [-0.2, -0.15) is 0 Å². The molecule has 1 saturated carbocycles. The van der Waals surface area contributed by atoms with Crippen molar-refractivity contribution in [2.45, 2.75) is 44.6 Å². The van der Waals surface area contributed by atoms with E-state index in [4.69, 9.17) is 0 Å². The van der Waals surface area contributed by atoms with Gasteiger partial charge in [0.25, 0.3) is 0 Å². The number of likely N-dealkylation sites (tertiary alicyclic amines) is 1. The smallest absolute Gasteiger partial charge is 0.234 e. The average Bonchev–Trinajstić information content (AvgIpc) is 2.93. The fourth-order valence-corrected chi connectivity index (χ4v) is 2.00. The Balaban J connectivity index is 1.68. The molecule has 0 aromatic heterocycles. The van der Waals surface area contributed by atoms with Gasteiger partial charge in [0.15, 0.2) is 0 Å². The summed E-state index contributed by atoms with van der Waals surface area (Å²) >= 11 is 0. The molecule has 80 valence electrons. The van der Waals surface area contributed by atoms with Gasteiger partial charge in [-0.25, -0.2) is 0 Å². The molecule has 2 fully saturated rings. The molecule has 0 spiro atoms. The number of nitrogens with one attached hydrogen (secondary N) is 1. The van der Waals surface area contributed by atoms with Crippen molar-refractivity contribution in [1.82, 2.24) is 10.2 Å². The zero-order valence-electron chi connectivity index (χ0n) is 8.80. The summed E-state index contributed by atoms with van der Waals surface area (Å²) in [5.74, 6) is 0.231. The molecule has 3 nitrogen and oxygen atoms in total. The lowest BCUT2D eigenvalue weighted by atomic mass is 10.2. The summed E-state index contributed by atoms with van der Waals surface area (Å²) < 4.78 is 0. The van der Waals surface area contributed by atoms with E-state index in [-0.39, 0.29) is 5.91 Å². The van der Waals surface area contributed by atoms with Crippen molar-refractivity contribution in [2.75, 3.05) is 19.6 Å². The molecule has 0 aromatic rings. The molecule has 1 aliphatic carbocycles. The zero-order valence-corrected chi connectivity index (χ0v) is 8.80. The lowest BCUT2D eigenvalue weighted by Gasteiger charge is -2.18. The van der Waals surface area contributed by atoms with Crippen LogP contribution in [0.4, 0.5) is 0 Å². The number of nitrogens with zero attached hydrogens (tertiary/aromatic N) is 1. The number of rotatable bonds is 3. The summed E-state index contributed by atoms with van der Waals surface area (Å²) in [7, 11) is 0. The standard InChI is InChI=1S/C11H20N2O/c14-11(12-10-5-6-10)9-13-7-3-1-2-4-8-13/h10H,1-9H2,(H,12,14). The van der Waals surface area contributed by atoms with E-state index in [9.17, 15) is 4.79 Å². The Bertz CT molecular complexity index is 193. The summed E-state index contributed by atoms with van der Waals surface area (Å²) in [5, 5.41) is 3.04. The van der Waals surface area contributed by atoms with Crippen LogP contribution in [0.1, 0.15) is 38.5 Å². The van der Waals surface area contributed by atoms with Gasteiger partial charge in [-0.1, -0.05) is 12.8 Å². The Kier molecular flexibility index (Phi) is 3.40. The minimum atomic E-state index is 0.231. The second-order valence-corrected chi connectivity index (χ2v) is 4.53. The first-order valence-corrected chi connectivity index (χ1v) is 5.86. The molecular formula is C11H20N2O. The second kappa shape index (κ2) is 4.78. The van der Waals surface area contributed by atoms with Crippen molar-refractivity contribution in [1.29, 1.82) is 0 Å². The third-order valence-corrected chi connectivity index (χ3v) is 3.01. The molecule has 0 bridgehead atoms. The molecular weight excluding hydrogens is 176 g/mol. The van der Waals surface area contributed by atoms with Crippen LogP contribution >= 0.6 is 0 Å². The molecule has 0 unspecified atom stereocenters. The molecule has 3 heteroatoms. The maximum absolute atomic E-state index is 11.5. The molecule has 1 aliphatic heterocycles. The van der Waals surface area contributed by atoms with E-state index in [2.05, 4.69) is 10.2 Å². The average molecular weight is 196 g/mol. The van der Waals surface area contributed by atoms with E-state index < -0.39 is 0 Å². The molecule has 1 saturated heterocycles. The van der Waals surface area contributed by atoms with Gasteiger partial charge < -0.3 is 5.32 Å². The Labute approximate surface area is 85.8 Å². The highest BCUT2D eigenvalue weighted by Crippen LogP contribution is 2.18. The molecule has 14 heavy (non-hydrogen) atoms. The first-order valence-electron chi connectivity index (χ1n) is 5.86. The lowest BCUT2D eigenvalue weighted by Crippen LogP contribution is -2.38. The highest BCUT2D eigenvalue weighted by Gasteiger charge is 2.24. The summed E-state index contributed by atoms with van der Waals surface area (Å²) in [5.41, 5.74) is 0. The first-order chi connectivity index (χ1) is 6.84. The molecule has 0 atom stereocenters. The van der Waals surface area contributed by atoms with Gasteiger partial charge in [0.1, 0.15) is 0 Å². The van der Waals surface area contributed by atoms with Crippen molar-refractivity contribution in [3.05, 3.63) is 0 Å². The van der Waals surface area contributed by atoms with Gasteiger partial charge in [-0.3, -0.25) is 9.69 Å². The van der Waals surface area contributed by atoms with E-state index in [1.54, 1.807) is 0 Å². The largest absolute Gasteiger partial charge is 0.352 e. The van der Waals surface area contributed by atoms with Crippen LogP contribution in [0, 0.1) is 0 Å². The Morgan fingerprint density at radius 3 is 2.36 bits per heavy atom. The molecule has 1 amide bonds. The van der Waals surface area contributed by atoms with Crippen molar-refractivity contribution < 1.29 is 4.79 Å². The third kappa shape index (κ3) is 3.29. The quantitative estimate of drug-likeness (QED) is 0.734. The van der Waals surface area contributed by atoms with Crippen LogP contribution in [0.25, 0.3) is 0 Å². The van der Waals surface area contributed by atoms with Crippen LogP contribution in [-0.2, 0) is 4.79 Å². The van der Waals surface area contributed by atoms with E-state index in [0.717, 1.165) is 13.1 Å². The number of carbonyl (C=O) groups is 1. The SMILES string of the molecule is O=C(CN1CCCCCC1)NC1CC1. The van der Waals surface area contributed by atoms with Gasteiger partial charge in [-0.05, 0) is 38.8 Å². The van der Waals surface area contributed by atoms with Gasteiger partial charge in [0, 0.05) is 6.04 Å². The summed E-state index contributed by atoms with van der Waals surface area (Å²) in [4.78, 5) is 13.8. The molecule has 0 radical (unpaired) electrons. The second-order valence-electron chi connectivity index (χ2n) is 4.53. The monoisotopic (exact) mass is 196 g/mol. The number of amides is 1. The lowest BCUT2D eigenvalue weighted by molar-refractivity contribution is -0.122. The minimum absolute atomic E-state index is 0.231. The highest BCUT2D eigenvalue weighted by molar-refractivity contribution is 5.78.